The maximum atomic E-state index is 12.0. The Morgan fingerprint density at radius 2 is 0.475 bits per heavy atom. The summed E-state index contributed by atoms with van der Waals surface area (Å²) in [5, 5.41) is 185. The first-order valence-electron chi connectivity index (χ1n) is 50.6. The fourth-order valence-electron chi connectivity index (χ4n) is 16.0. The first kappa shape index (κ1) is 133. The summed E-state index contributed by atoms with van der Waals surface area (Å²) in [6.45, 7) is 63.8. The van der Waals surface area contributed by atoms with Gasteiger partial charge in [-0.25, -0.2) is 0 Å². The van der Waals surface area contributed by atoms with Crippen LogP contribution in [-0.4, -0.2) is 397 Å². The fraction of sp³-hybridized carbons (Fsp3) is 0.920. The molecule has 8 fully saturated rings. The maximum Gasteiger partial charge on any atom is 0.183 e. The van der Waals surface area contributed by atoms with Crippen molar-refractivity contribution < 1.29 is 163 Å². The quantitative estimate of drug-likeness (QED) is 0.0404. The molecule has 0 radical (unpaired) electrons. The number of Topliss-reactive ketones (excluding diaryl/α,β-unsaturated/α-hetero) is 8. The molecule has 0 spiro atoms. The molecule has 0 aliphatic carbocycles. The van der Waals surface area contributed by atoms with Crippen LogP contribution >= 0.6 is 0 Å². The van der Waals surface area contributed by atoms with Crippen LogP contribution in [0.2, 0.25) is 0 Å². The van der Waals surface area contributed by atoms with Crippen LogP contribution in [0.3, 0.4) is 0 Å². The standard InChI is InChI=1S/C14H26O5.C14H26O4.2C13H25NO4.2C12H23NO4.2C11H21NO4/c1-7(2)5-6-9-11(16)12(17)13(18)14(19-9)10(15)8(3)4;1-7(2)6-10-9(5)18-14(11(15)8(3)4)13(17)12(10)16;2*1-7(2)9(15)5-10-12(16)13(17)11(18-10)6-14-8(3)4;2*1-6(2)9(14)12-11(16)10(15)8(17-12)5-13-7(3)4;2*1-5(2)8(13)10-7(12-6(3)4)9(14)11(15)16-10/h7-9,11-14,16-18H,5-6H2,1-4H3;7-10,12-14,16-17H,6H2,1-5H3;2*7-8,10-14,16-17H,5-6H2,1-4H3;2*6-8,10-13,15-16H,5H2,1-4H3;2*5-7,9-12,14-15H,1-4H3/t9-,11-,12+,13-,14+;9?,10-,12+,13-,14+;10-,11+,12?,13?;10-,11-,12+,13-;8-,10-,11-,12+;8-,10-,11-,12-;7-,9+,10+,11-;7-,9+,10-,11-/m00011100/s1. The Kier molecular flexibility index (Phi) is 61.0. The van der Waals surface area contributed by atoms with E-state index in [1.54, 1.807) is 83.1 Å². The second-order valence-electron chi connectivity index (χ2n) is 43.4. The lowest BCUT2D eigenvalue weighted by atomic mass is 9.80. The zero-order valence-electron chi connectivity index (χ0n) is 89.4. The molecule has 3 unspecified atom stereocenters. The molecule has 39 nitrogen and oxygen atoms in total. The van der Waals surface area contributed by atoms with E-state index < -0.39 is 196 Å². The summed E-state index contributed by atoms with van der Waals surface area (Å²) in [5.74, 6) is -1.51. The highest BCUT2D eigenvalue weighted by Gasteiger charge is 2.54. The molecule has 23 N–H and O–H groups in total. The summed E-state index contributed by atoms with van der Waals surface area (Å²) < 4.78 is 43.4. The van der Waals surface area contributed by atoms with Gasteiger partial charge in [-0.2, -0.15) is 0 Å². The Bertz CT molecular complexity index is 3360. The SMILES string of the molecule is CC(C)CC[C@@H]1O[C@H](C(=O)C(C)C)[C@@H](O)[C@H](O)[C@H]1O.CC(C)C[C@H]1C(C)O[C@H](C(=O)C(C)C)[C@@H](O)[C@@H]1O.CC(C)NC[C@H]1O[C@@H](C(=O)C(C)C)[C@H](O)[C@@H]1O.CC(C)NC[C@H]1O[C@@H](CC(=O)C(C)C)C(O)C1O.CC(C)NC[C@H]1O[C@H](C(=O)C(C)C)[C@H](O)[C@@H]1O.CC(C)NC[C@H]1O[C@H](CC(=O)C(C)C)[C@H](O)[C@@H]1O.CC(C)N[C@H]1[C@@H](O)[C@@H](O)O[C@@H]1C(=O)C(C)C.CC(C)N[C@H]1[C@@H](O)[C@@H](O)O[C@H]1C(=O)C(C)C. The smallest absolute Gasteiger partial charge is 0.183 e. The third-order valence-corrected chi connectivity index (χ3v) is 24.9. The van der Waals surface area contributed by atoms with Crippen LogP contribution < -0.4 is 31.9 Å². The summed E-state index contributed by atoms with van der Waals surface area (Å²) in [7, 11) is 0. The molecule has 0 bridgehead atoms. The van der Waals surface area contributed by atoms with Gasteiger partial charge in [-0.1, -0.05) is 222 Å². The molecule has 8 aliphatic heterocycles. The number of hydrogen-bond acceptors (Lipinski definition) is 39. The van der Waals surface area contributed by atoms with Crippen LogP contribution in [0.4, 0.5) is 0 Å². The number of aliphatic hydroxyl groups excluding tert-OH is 17. The highest BCUT2D eigenvalue weighted by Crippen LogP contribution is 2.35. The van der Waals surface area contributed by atoms with Crippen molar-refractivity contribution in [3.63, 3.8) is 0 Å². The average Bonchev–Trinajstić information content (AvgIpc) is 1.57. The molecule has 139 heavy (non-hydrogen) atoms. The van der Waals surface area contributed by atoms with Crippen LogP contribution in [0, 0.1) is 65.1 Å². The van der Waals surface area contributed by atoms with Crippen LogP contribution in [0.25, 0.3) is 0 Å². The molecule has 0 amide bonds. The Morgan fingerprint density at radius 1 is 0.237 bits per heavy atom. The van der Waals surface area contributed by atoms with E-state index in [0.29, 0.717) is 44.4 Å². The topological polar surface area (TPSA) is 626 Å². The van der Waals surface area contributed by atoms with Gasteiger partial charge in [-0.3, -0.25) is 38.4 Å². The number of hydrogen-bond donors (Lipinski definition) is 23. The van der Waals surface area contributed by atoms with Crippen LogP contribution in [0.1, 0.15) is 261 Å². The average molecular weight is 2000 g/mol. The molecular formula is C100H190N6O33. The lowest BCUT2D eigenvalue weighted by molar-refractivity contribution is -0.222. The third-order valence-electron chi connectivity index (χ3n) is 24.9. The van der Waals surface area contributed by atoms with Crippen LogP contribution in [-0.2, 0) is 76.3 Å². The van der Waals surface area contributed by atoms with E-state index in [1.165, 1.54) is 0 Å². The molecule has 8 heterocycles. The molecule has 0 saturated carbocycles. The molecule has 8 saturated heterocycles. The van der Waals surface area contributed by atoms with Gasteiger partial charge in [-0.15, -0.1) is 0 Å². The highest BCUT2D eigenvalue weighted by atomic mass is 16.6. The largest absolute Gasteiger partial charge is 0.390 e. The lowest BCUT2D eigenvalue weighted by Crippen LogP contribution is -2.60. The number of aliphatic hydroxyl groups is 17. The Morgan fingerprint density at radius 3 is 0.734 bits per heavy atom. The van der Waals surface area contributed by atoms with Gasteiger partial charge in [0.25, 0.3) is 0 Å². The van der Waals surface area contributed by atoms with Crippen molar-refractivity contribution in [2.24, 2.45) is 65.1 Å². The molecule has 8 rings (SSSR count). The highest BCUT2D eigenvalue weighted by molar-refractivity contribution is 5.88. The van der Waals surface area contributed by atoms with Crippen molar-refractivity contribution in [3.8, 4) is 0 Å². The number of rotatable bonds is 39. The minimum Gasteiger partial charge on any atom is -0.390 e. The van der Waals surface area contributed by atoms with Gasteiger partial charge >= 0.3 is 0 Å². The monoisotopic (exact) mass is 2000 g/mol. The zero-order valence-corrected chi connectivity index (χ0v) is 89.4. The number of ether oxygens (including phenoxy) is 8. The molecular weight excluding hydrogens is 1810 g/mol. The van der Waals surface area contributed by atoms with E-state index in [2.05, 4.69) is 59.6 Å². The van der Waals surface area contributed by atoms with Crippen molar-refractivity contribution in [2.75, 3.05) is 26.2 Å². The van der Waals surface area contributed by atoms with Crippen LogP contribution in [0.15, 0.2) is 0 Å². The van der Waals surface area contributed by atoms with Crippen LogP contribution in [0.5, 0.6) is 0 Å². The molecule has 0 aromatic rings. The fourth-order valence-corrected chi connectivity index (χ4v) is 16.0. The van der Waals surface area contributed by atoms with Gasteiger partial charge in [0.05, 0.1) is 67.0 Å². The minimum atomic E-state index is -1.36. The van der Waals surface area contributed by atoms with Crippen molar-refractivity contribution in [1.82, 2.24) is 31.9 Å². The first-order valence-corrected chi connectivity index (χ1v) is 50.6. The third kappa shape index (κ3) is 43.1. The van der Waals surface area contributed by atoms with E-state index in [9.17, 15) is 125 Å². The van der Waals surface area contributed by atoms with E-state index in [0.717, 1.165) is 12.8 Å². The summed E-state index contributed by atoms with van der Waals surface area (Å²) in [6, 6.07) is 0.246. The number of ketones is 8. The van der Waals surface area contributed by atoms with Crippen molar-refractivity contribution in [3.05, 3.63) is 0 Å². The zero-order chi connectivity index (χ0) is 108. The van der Waals surface area contributed by atoms with Gasteiger partial charge in [0.1, 0.15) is 134 Å². The van der Waals surface area contributed by atoms with Crippen molar-refractivity contribution in [1.29, 1.82) is 0 Å². The predicted molar refractivity (Wildman–Crippen MR) is 521 cm³/mol. The lowest BCUT2D eigenvalue weighted by Gasteiger charge is -2.42. The summed E-state index contributed by atoms with van der Waals surface area (Å²) in [5.41, 5.74) is 0. The van der Waals surface area contributed by atoms with E-state index in [-0.39, 0.29) is 155 Å². The minimum absolute atomic E-state index is 0.0451. The second kappa shape index (κ2) is 63.7. The Balaban J connectivity index is 0.000000795. The predicted octanol–water partition coefficient (Wildman–Crippen LogP) is 0.768. The Hall–Kier alpha value is -3.88. The Labute approximate surface area is 827 Å². The normalized spacial score (nSPS) is 34.4. The molecule has 0 aromatic carbocycles. The summed E-state index contributed by atoms with van der Waals surface area (Å²) >= 11 is 0. The van der Waals surface area contributed by atoms with E-state index in [4.69, 9.17) is 37.9 Å². The van der Waals surface area contributed by atoms with Gasteiger partial charge in [0, 0.05) is 129 Å². The number of carbonyl (C=O) groups is 8. The molecule has 34 atom stereocenters. The first-order chi connectivity index (χ1) is 64.0. The van der Waals surface area contributed by atoms with Crippen molar-refractivity contribution in [2.45, 2.75) is 499 Å². The van der Waals surface area contributed by atoms with Gasteiger partial charge < -0.3 is 157 Å². The summed E-state index contributed by atoms with van der Waals surface area (Å²) in [6.07, 6.45) is -25.3. The number of carbonyl (C=O) groups excluding carboxylic acids is 8. The maximum absolute atomic E-state index is 12.0. The van der Waals surface area contributed by atoms with Gasteiger partial charge in [-0.05, 0) is 38.0 Å². The molecule has 818 valence electrons. The molecule has 8 aliphatic rings. The van der Waals surface area contributed by atoms with E-state index in [1.807, 2.05) is 118 Å². The van der Waals surface area contributed by atoms with E-state index >= 15 is 0 Å². The number of nitrogens with one attached hydrogen (secondary N) is 6. The van der Waals surface area contributed by atoms with Crippen molar-refractivity contribution >= 4 is 46.3 Å². The van der Waals surface area contributed by atoms with Gasteiger partial charge in [0.2, 0.25) is 0 Å². The molecule has 39 heteroatoms. The second-order valence-corrected chi connectivity index (χ2v) is 43.4. The molecule has 0 aromatic heterocycles. The summed E-state index contributed by atoms with van der Waals surface area (Å²) in [4.78, 5) is 94.4. The van der Waals surface area contributed by atoms with Gasteiger partial charge in [0.15, 0.2) is 47.3 Å².